The molecule has 3 aromatic rings. The van der Waals surface area contributed by atoms with Crippen LogP contribution in [0.25, 0.3) is 0 Å². The number of amides is 1. The average molecular weight is 392 g/mol. The lowest BCUT2D eigenvalue weighted by molar-refractivity contribution is -0.125. The standard InChI is InChI=1S/C23H25N3OS/c1-23(21(27)25-22-24-11-12-28-22)14-18-10-9-16(15-26(2)3)13-19(18)20(23)17-7-5-4-6-8-17/h4-13,20H,14-15H2,1-3H3,(H,24,25,27)/t20-,23+/m1/s1. The second-order valence-electron chi connectivity index (χ2n) is 8.00. The van der Waals surface area contributed by atoms with Gasteiger partial charge in [0.1, 0.15) is 0 Å². The van der Waals surface area contributed by atoms with Crippen molar-refractivity contribution in [1.82, 2.24) is 9.88 Å². The predicted molar refractivity (Wildman–Crippen MR) is 115 cm³/mol. The zero-order valence-electron chi connectivity index (χ0n) is 16.5. The molecule has 1 N–H and O–H groups in total. The van der Waals surface area contributed by atoms with Gasteiger partial charge in [0.05, 0.1) is 5.41 Å². The van der Waals surface area contributed by atoms with Crippen molar-refractivity contribution < 1.29 is 4.79 Å². The van der Waals surface area contributed by atoms with Crippen LogP contribution in [0.2, 0.25) is 0 Å². The van der Waals surface area contributed by atoms with Crippen LogP contribution < -0.4 is 5.32 Å². The molecule has 4 nitrogen and oxygen atoms in total. The van der Waals surface area contributed by atoms with Crippen molar-refractivity contribution in [2.45, 2.75) is 25.8 Å². The van der Waals surface area contributed by atoms with Gasteiger partial charge in [0.2, 0.25) is 5.91 Å². The van der Waals surface area contributed by atoms with Crippen LogP contribution in [0.5, 0.6) is 0 Å². The highest BCUT2D eigenvalue weighted by atomic mass is 32.1. The van der Waals surface area contributed by atoms with E-state index in [0.717, 1.165) is 13.0 Å². The number of hydrogen-bond acceptors (Lipinski definition) is 4. The summed E-state index contributed by atoms with van der Waals surface area (Å²) in [4.78, 5) is 19.8. The van der Waals surface area contributed by atoms with Crippen molar-refractivity contribution in [3.8, 4) is 0 Å². The molecule has 0 saturated heterocycles. The molecule has 0 aliphatic heterocycles. The van der Waals surface area contributed by atoms with Crippen LogP contribution in [-0.4, -0.2) is 29.9 Å². The van der Waals surface area contributed by atoms with E-state index >= 15 is 0 Å². The lowest BCUT2D eigenvalue weighted by atomic mass is 9.73. The fourth-order valence-corrected chi connectivity index (χ4v) is 4.83. The molecule has 1 amide bonds. The van der Waals surface area contributed by atoms with E-state index in [-0.39, 0.29) is 11.8 Å². The summed E-state index contributed by atoms with van der Waals surface area (Å²) >= 11 is 1.45. The number of rotatable bonds is 5. The van der Waals surface area contributed by atoms with E-state index in [4.69, 9.17) is 0 Å². The van der Waals surface area contributed by atoms with E-state index in [1.165, 1.54) is 33.6 Å². The SMILES string of the molecule is CN(C)Cc1ccc2c(c1)[C@@H](c1ccccc1)[C@@](C)(C(=O)Nc1nccs1)C2. The molecule has 1 aliphatic rings. The minimum atomic E-state index is -0.563. The molecule has 0 saturated carbocycles. The van der Waals surface area contributed by atoms with E-state index in [0.29, 0.717) is 5.13 Å². The number of fused-ring (bicyclic) bond motifs is 1. The molecular weight excluding hydrogens is 366 g/mol. The summed E-state index contributed by atoms with van der Waals surface area (Å²) < 4.78 is 0. The third kappa shape index (κ3) is 3.48. The molecule has 1 heterocycles. The molecule has 2 aromatic carbocycles. The van der Waals surface area contributed by atoms with E-state index in [9.17, 15) is 4.79 Å². The van der Waals surface area contributed by atoms with E-state index in [1.54, 1.807) is 6.20 Å². The van der Waals surface area contributed by atoms with E-state index < -0.39 is 5.41 Å². The van der Waals surface area contributed by atoms with E-state index in [1.807, 2.05) is 11.4 Å². The molecule has 2 atom stereocenters. The van der Waals surface area contributed by atoms with Gasteiger partial charge in [0.25, 0.3) is 0 Å². The Hall–Kier alpha value is -2.50. The van der Waals surface area contributed by atoms with Gasteiger partial charge in [-0.3, -0.25) is 4.79 Å². The van der Waals surface area contributed by atoms with Crippen LogP contribution in [0.1, 0.15) is 35.1 Å². The van der Waals surface area contributed by atoms with Gasteiger partial charge in [0, 0.05) is 24.0 Å². The van der Waals surface area contributed by atoms with Gasteiger partial charge < -0.3 is 10.2 Å². The first-order valence-electron chi connectivity index (χ1n) is 9.50. The zero-order chi connectivity index (χ0) is 19.7. The monoisotopic (exact) mass is 391 g/mol. The quantitative estimate of drug-likeness (QED) is 0.695. The summed E-state index contributed by atoms with van der Waals surface area (Å²) in [5, 5.41) is 5.58. The molecule has 0 radical (unpaired) electrons. The maximum absolute atomic E-state index is 13.4. The predicted octanol–water partition coefficient (Wildman–Crippen LogP) is 4.54. The lowest BCUT2D eigenvalue weighted by Crippen LogP contribution is -2.37. The van der Waals surface area contributed by atoms with Crippen LogP contribution in [0.4, 0.5) is 5.13 Å². The summed E-state index contributed by atoms with van der Waals surface area (Å²) in [6, 6.07) is 17.1. The molecule has 0 spiro atoms. The Balaban J connectivity index is 1.76. The van der Waals surface area contributed by atoms with Crippen molar-refractivity contribution in [2.24, 2.45) is 5.41 Å². The molecule has 28 heavy (non-hydrogen) atoms. The van der Waals surface area contributed by atoms with Crippen molar-refractivity contribution in [3.05, 3.63) is 82.4 Å². The largest absolute Gasteiger partial charge is 0.305 e. The third-order valence-corrected chi connectivity index (χ3v) is 6.21. The number of thiazole rings is 1. The number of carbonyl (C=O) groups excluding carboxylic acids is 1. The molecular formula is C23H25N3OS. The van der Waals surface area contributed by atoms with E-state index in [2.05, 4.69) is 78.7 Å². The van der Waals surface area contributed by atoms with Crippen LogP contribution in [-0.2, 0) is 17.8 Å². The van der Waals surface area contributed by atoms with Crippen LogP contribution in [0.3, 0.4) is 0 Å². The first-order valence-corrected chi connectivity index (χ1v) is 10.4. The highest BCUT2D eigenvalue weighted by molar-refractivity contribution is 7.13. The first kappa shape index (κ1) is 18.8. The molecule has 4 rings (SSSR count). The summed E-state index contributed by atoms with van der Waals surface area (Å²) in [6.45, 7) is 2.97. The lowest BCUT2D eigenvalue weighted by Gasteiger charge is -2.31. The molecule has 144 valence electrons. The Labute approximate surface area is 170 Å². The number of benzene rings is 2. The fraction of sp³-hybridized carbons (Fsp3) is 0.304. The van der Waals surface area contributed by atoms with Crippen LogP contribution in [0.15, 0.2) is 60.1 Å². The van der Waals surface area contributed by atoms with Gasteiger partial charge >= 0.3 is 0 Å². The Morgan fingerprint density at radius 3 is 2.71 bits per heavy atom. The molecule has 1 aromatic heterocycles. The highest BCUT2D eigenvalue weighted by Gasteiger charge is 2.48. The molecule has 5 heteroatoms. The minimum absolute atomic E-state index is 0.0192. The summed E-state index contributed by atoms with van der Waals surface area (Å²) in [5.74, 6) is 0.0486. The third-order valence-electron chi connectivity index (χ3n) is 5.52. The smallest absolute Gasteiger partial charge is 0.233 e. The number of aromatic nitrogens is 1. The zero-order valence-corrected chi connectivity index (χ0v) is 17.3. The second kappa shape index (κ2) is 7.49. The molecule has 1 aliphatic carbocycles. The van der Waals surface area contributed by atoms with Gasteiger partial charge in [-0.05, 0) is 49.7 Å². The fourth-order valence-electron chi connectivity index (χ4n) is 4.31. The number of carbonyl (C=O) groups is 1. The van der Waals surface area contributed by atoms with Crippen molar-refractivity contribution in [1.29, 1.82) is 0 Å². The number of hydrogen-bond donors (Lipinski definition) is 1. The summed E-state index contributed by atoms with van der Waals surface area (Å²) in [5.41, 5.74) is 4.41. The Morgan fingerprint density at radius 2 is 2.04 bits per heavy atom. The Bertz CT molecular complexity index is 969. The molecule has 0 bridgehead atoms. The number of anilines is 1. The number of nitrogens with one attached hydrogen (secondary N) is 1. The summed E-state index contributed by atoms with van der Waals surface area (Å²) in [6.07, 6.45) is 2.44. The minimum Gasteiger partial charge on any atom is -0.305 e. The van der Waals surface area contributed by atoms with Gasteiger partial charge in [-0.2, -0.15) is 0 Å². The van der Waals surface area contributed by atoms with Gasteiger partial charge in [-0.25, -0.2) is 4.98 Å². The normalized spacial score (nSPS) is 20.9. The van der Waals surface area contributed by atoms with Crippen LogP contribution >= 0.6 is 11.3 Å². The van der Waals surface area contributed by atoms with Crippen LogP contribution in [0, 0.1) is 5.41 Å². The van der Waals surface area contributed by atoms with Crippen molar-refractivity contribution >= 4 is 22.4 Å². The average Bonchev–Trinajstić information content (AvgIpc) is 3.27. The molecule has 0 unspecified atom stereocenters. The number of nitrogens with zero attached hydrogens (tertiary/aromatic N) is 2. The first-order chi connectivity index (χ1) is 13.5. The Morgan fingerprint density at radius 1 is 1.25 bits per heavy atom. The van der Waals surface area contributed by atoms with Gasteiger partial charge in [-0.1, -0.05) is 48.5 Å². The Kier molecular flexibility index (Phi) is 5.04. The summed E-state index contributed by atoms with van der Waals surface area (Å²) in [7, 11) is 4.15. The van der Waals surface area contributed by atoms with Gasteiger partial charge in [-0.15, -0.1) is 11.3 Å². The van der Waals surface area contributed by atoms with Crippen molar-refractivity contribution in [3.63, 3.8) is 0 Å². The van der Waals surface area contributed by atoms with Crippen molar-refractivity contribution in [2.75, 3.05) is 19.4 Å². The highest BCUT2D eigenvalue weighted by Crippen LogP contribution is 2.51. The maximum atomic E-state index is 13.4. The topological polar surface area (TPSA) is 45.2 Å². The van der Waals surface area contributed by atoms with Gasteiger partial charge in [0.15, 0.2) is 5.13 Å². The second-order valence-corrected chi connectivity index (χ2v) is 8.89. The maximum Gasteiger partial charge on any atom is 0.233 e. The molecule has 0 fully saturated rings.